The maximum Gasteiger partial charge on any atom is 0.473 e. The van der Waals surface area contributed by atoms with Crippen molar-refractivity contribution in [3.05, 3.63) is 0 Å². The normalized spacial score (nSPS) is 34.6. The van der Waals surface area contributed by atoms with Gasteiger partial charge in [0.15, 0.2) is 0 Å². The largest absolute Gasteiger partial charge is 0.473 e. The first-order chi connectivity index (χ1) is 6.68. The molecule has 0 aromatic carbocycles. The summed E-state index contributed by atoms with van der Waals surface area (Å²) in [6.07, 6.45) is 0.789. The van der Waals surface area contributed by atoms with Crippen molar-refractivity contribution in [3.8, 4) is 0 Å². The molecule has 4 nitrogen and oxygen atoms in total. The average molecular weight is 232 g/mol. The quantitative estimate of drug-likeness (QED) is 0.514. The van der Waals surface area contributed by atoms with Crippen molar-refractivity contribution in [3.63, 3.8) is 0 Å². The summed E-state index contributed by atoms with van der Waals surface area (Å²) in [5.74, 6) is 0. The zero-order valence-electron chi connectivity index (χ0n) is 10.2. The maximum absolute atomic E-state index is 12.1. The molecule has 0 amide bonds. The molecule has 0 aromatic rings. The Balaban J connectivity index is 2.87. The van der Waals surface area contributed by atoms with Crippen molar-refractivity contribution in [1.29, 1.82) is 0 Å². The van der Waals surface area contributed by atoms with Crippen molar-refractivity contribution in [2.45, 2.75) is 32.6 Å². The molecule has 1 fully saturated rings. The molecule has 1 rings (SSSR count). The van der Waals surface area contributed by atoms with Gasteiger partial charge in [-0.1, -0.05) is 13.8 Å². The second-order valence-corrected chi connectivity index (χ2v) is 6.92. The molecule has 0 aromatic heterocycles. The fraction of sp³-hybridized carbons (Fsp3) is 1.00. The Labute approximate surface area is 93.5 Å². The van der Waals surface area contributed by atoms with Crippen LogP contribution in [0.25, 0.3) is 0 Å². The number of rotatable bonds is 2. The van der Waals surface area contributed by atoms with E-state index in [4.69, 9.17) is 13.6 Å². The second kappa shape index (κ2) is 4.25. The van der Waals surface area contributed by atoms with Gasteiger partial charge in [0.2, 0.25) is 0 Å². The fourth-order valence-corrected chi connectivity index (χ4v) is 3.71. The topological polar surface area (TPSA) is 44.8 Å². The van der Waals surface area contributed by atoms with Crippen LogP contribution in [-0.2, 0) is 18.1 Å². The molecule has 0 bridgehead atoms. The summed E-state index contributed by atoms with van der Waals surface area (Å²) < 4.78 is 27.9. The van der Waals surface area contributed by atoms with Gasteiger partial charge in [-0.2, -0.15) is 0 Å². The van der Waals surface area contributed by atoms with E-state index in [-0.39, 0.29) is 5.41 Å². The lowest BCUT2D eigenvalue weighted by Gasteiger charge is -2.30. The van der Waals surface area contributed by atoms with E-state index in [0.717, 1.165) is 6.42 Å². The molecule has 7 heteroatoms. The van der Waals surface area contributed by atoms with Crippen LogP contribution >= 0.6 is 7.82 Å². The molecular weight excluding hydrogens is 213 g/mol. The van der Waals surface area contributed by atoms with E-state index in [1.54, 1.807) is 6.92 Å². The molecule has 0 radical (unpaired) electrons. The lowest BCUT2D eigenvalue weighted by molar-refractivity contribution is 0.112. The SMILES string of the molecule is BC1(B)CC(C)(C)COP(=O)(OCC)O1. The summed E-state index contributed by atoms with van der Waals surface area (Å²) in [5.41, 5.74) is -0.0488. The van der Waals surface area contributed by atoms with Gasteiger partial charge in [-0.05, 0) is 18.8 Å². The third-order valence-electron chi connectivity index (χ3n) is 2.16. The van der Waals surface area contributed by atoms with E-state index in [1.807, 2.05) is 15.7 Å². The van der Waals surface area contributed by atoms with Crippen molar-refractivity contribution in [1.82, 2.24) is 0 Å². The third kappa shape index (κ3) is 3.95. The first kappa shape index (κ1) is 13.3. The number of phosphoric acid groups is 1. The number of phosphoric ester groups is 1. The van der Waals surface area contributed by atoms with Gasteiger partial charge in [0, 0.05) is 5.40 Å². The Bertz CT molecular complexity index is 280. The Kier molecular flexibility index (Phi) is 3.77. The van der Waals surface area contributed by atoms with E-state index < -0.39 is 13.2 Å². The lowest BCUT2D eigenvalue weighted by atomic mass is 9.59. The molecule has 0 aliphatic carbocycles. The zero-order valence-corrected chi connectivity index (χ0v) is 11.1. The first-order valence-electron chi connectivity index (χ1n) is 5.28. The van der Waals surface area contributed by atoms with Crippen LogP contribution in [-0.4, -0.2) is 34.3 Å². The summed E-state index contributed by atoms with van der Waals surface area (Å²) in [6.45, 7) is 6.64. The van der Waals surface area contributed by atoms with Gasteiger partial charge in [-0.3, -0.25) is 13.6 Å². The molecule has 1 heterocycles. The van der Waals surface area contributed by atoms with Crippen LogP contribution in [0.5, 0.6) is 0 Å². The lowest BCUT2D eigenvalue weighted by Crippen LogP contribution is -2.36. The van der Waals surface area contributed by atoms with Crippen molar-refractivity contribution >= 4 is 23.5 Å². The molecule has 1 unspecified atom stereocenters. The Morgan fingerprint density at radius 2 is 2.07 bits per heavy atom. The summed E-state index contributed by atoms with van der Waals surface area (Å²) in [6, 6.07) is 0. The number of hydrogen-bond acceptors (Lipinski definition) is 4. The Hall–Kier alpha value is 0.240. The van der Waals surface area contributed by atoms with Gasteiger partial charge in [0.25, 0.3) is 0 Å². The number of hydrogen-bond donors (Lipinski definition) is 0. The molecule has 15 heavy (non-hydrogen) atoms. The second-order valence-electron chi connectivity index (χ2n) is 5.33. The van der Waals surface area contributed by atoms with Gasteiger partial charge in [-0.15, -0.1) is 0 Å². The first-order valence-corrected chi connectivity index (χ1v) is 6.74. The van der Waals surface area contributed by atoms with E-state index in [2.05, 4.69) is 13.8 Å². The van der Waals surface area contributed by atoms with Crippen LogP contribution in [0.4, 0.5) is 0 Å². The molecule has 0 N–H and O–H groups in total. The van der Waals surface area contributed by atoms with E-state index in [1.165, 1.54) is 0 Å². The molecule has 1 aliphatic heterocycles. The van der Waals surface area contributed by atoms with E-state index in [9.17, 15) is 4.57 Å². The molecule has 1 aliphatic rings. The minimum absolute atomic E-state index is 0.0488. The highest BCUT2D eigenvalue weighted by Crippen LogP contribution is 2.56. The minimum Gasteiger partial charge on any atom is -0.299 e. The molecular formula is C8H19B2O4P. The van der Waals surface area contributed by atoms with Gasteiger partial charge >= 0.3 is 7.82 Å². The Morgan fingerprint density at radius 3 is 2.60 bits per heavy atom. The summed E-state index contributed by atoms with van der Waals surface area (Å²) in [4.78, 5) is 0. The van der Waals surface area contributed by atoms with Crippen molar-refractivity contribution in [2.75, 3.05) is 13.2 Å². The fourth-order valence-electron chi connectivity index (χ4n) is 2.04. The van der Waals surface area contributed by atoms with Gasteiger partial charge < -0.3 is 0 Å². The molecule has 0 spiro atoms. The zero-order chi connectivity index (χ0) is 11.7. The van der Waals surface area contributed by atoms with Gasteiger partial charge in [0.1, 0.15) is 15.7 Å². The molecule has 1 saturated heterocycles. The standard InChI is InChI=1S/C8H19B2O4P/c1-4-12-15(11)13-6-7(2,3)5-8(9,10)14-15/h4-6,9-10H2,1-3H3. The van der Waals surface area contributed by atoms with Crippen LogP contribution in [0.2, 0.25) is 0 Å². The van der Waals surface area contributed by atoms with Crippen LogP contribution in [0.3, 0.4) is 0 Å². The molecule has 86 valence electrons. The van der Waals surface area contributed by atoms with E-state index in [0.29, 0.717) is 13.2 Å². The van der Waals surface area contributed by atoms with Crippen LogP contribution in [0.1, 0.15) is 27.2 Å². The minimum atomic E-state index is -3.36. The summed E-state index contributed by atoms with van der Waals surface area (Å²) in [7, 11) is 0.465. The predicted molar refractivity (Wildman–Crippen MR) is 64.5 cm³/mol. The van der Waals surface area contributed by atoms with Crippen LogP contribution in [0, 0.1) is 5.41 Å². The monoisotopic (exact) mass is 232 g/mol. The van der Waals surface area contributed by atoms with E-state index >= 15 is 0 Å². The average Bonchev–Trinajstić information content (AvgIpc) is 2.04. The van der Waals surface area contributed by atoms with Gasteiger partial charge in [-0.25, -0.2) is 4.57 Å². The predicted octanol–water partition coefficient (Wildman–Crippen LogP) is 0.514. The van der Waals surface area contributed by atoms with Crippen molar-refractivity contribution in [2.24, 2.45) is 5.41 Å². The summed E-state index contributed by atoms with van der Waals surface area (Å²) in [5, 5.41) is -0.481. The highest BCUT2D eigenvalue weighted by Gasteiger charge is 2.43. The molecule has 0 saturated carbocycles. The van der Waals surface area contributed by atoms with Crippen molar-refractivity contribution < 1.29 is 18.1 Å². The molecule has 1 atom stereocenters. The maximum atomic E-state index is 12.1. The van der Waals surface area contributed by atoms with Crippen LogP contribution in [0.15, 0.2) is 0 Å². The highest BCUT2D eigenvalue weighted by molar-refractivity contribution is 7.48. The smallest absolute Gasteiger partial charge is 0.299 e. The Morgan fingerprint density at radius 1 is 1.47 bits per heavy atom. The highest BCUT2D eigenvalue weighted by atomic mass is 31.2. The third-order valence-corrected chi connectivity index (χ3v) is 3.90. The van der Waals surface area contributed by atoms with Crippen LogP contribution < -0.4 is 0 Å². The van der Waals surface area contributed by atoms with Gasteiger partial charge in [0.05, 0.1) is 13.2 Å². The summed E-state index contributed by atoms with van der Waals surface area (Å²) >= 11 is 0.